The fraction of sp³-hybridized carbons (Fsp3) is 0.783. The number of hydrogen-bond acceptors (Lipinski definition) is 3. The quantitative estimate of drug-likeness (QED) is 0.411. The van der Waals surface area contributed by atoms with E-state index < -0.39 is 0 Å². The standard InChI is InChI=1S/C23H31NO2/c1-2-22-10-8-17-16-7-5-15(24-25)12-14(16)4-6-18(17)21(22)19-13-20(19)23(22)9-3-11-26-23/h3,9,12,16-21,25H,2,4-8,10-11,13H2,1H3/b24-15+/t16-,17?,18?,19?,20?,21?,22-,23-/m0/s1. The Morgan fingerprint density at radius 1 is 1.19 bits per heavy atom. The van der Waals surface area contributed by atoms with Crippen molar-refractivity contribution in [3.05, 3.63) is 23.8 Å². The van der Waals surface area contributed by atoms with Crippen molar-refractivity contribution in [2.45, 2.75) is 63.9 Å². The first-order valence-electron chi connectivity index (χ1n) is 11.0. The fourth-order valence-corrected chi connectivity index (χ4v) is 8.76. The van der Waals surface area contributed by atoms with Crippen LogP contribution in [0.15, 0.2) is 29.0 Å². The van der Waals surface area contributed by atoms with Gasteiger partial charge in [0.05, 0.1) is 17.9 Å². The average Bonchev–Trinajstić information content (AvgIpc) is 3.26. The van der Waals surface area contributed by atoms with Crippen molar-refractivity contribution in [2.75, 3.05) is 6.61 Å². The van der Waals surface area contributed by atoms with Crippen molar-refractivity contribution >= 4 is 5.71 Å². The van der Waals surface area contributed by atoms with Crippen LogP contribution in [0, 0.1) is 40.9 Å². The second-order valence-corrected chi connectivity index (χ2v) is 9.91. The van der Waals surface area contributed by atoms with Gasteiger partial charge in [-0.1, -0.05) is 29.8 Å². The summed E-state index contributed by atoms with van der Waals surface area (Å²) < 4.78 is 6.57. The van der Waals surface area contributed by atoms with Gasteiger partial charge in [-0.15, -0.1) is 0 Å². The Labute approximate surface area is 156 Å². The van der Waals surface area contributed by atoms with Crippen LogP contribution in [0.2, 0.25) is 0 Å². The molecule has 8 atom stereocenters. The normalized spacial score (nSPS) is 55.3. The van der Waals surface area contributed by atoms with Crippen molar-refractivity contribution in [3.8, 4) is 0 Å². The lowest BCUT2D eigenvalue weighted by Crippen LogP contribution is -2.56. The molecule has 5 unspecified atom stereocenters. The summed E-state index contributed by atoms with van der Waals surface area (Å²) in [6.45, 7) is 3.28. The summed E-state index contributed by atoms with van der Waals surface area (Å²) in [6, 6.07) is 0. The summed E-state index contributed by atoms with van der Waals surface area (Å²) in [6.07, 6.45) is 17.2. The van der Waals surface area contributed by atoms with Gasteiger partial charge < -0.3 is 9.94 Å². The summed E-state index contributed by atoms with van der Waals surface area (Å²) >= 11 is 0. The highest BCUT2D eigenvalue weighted by Crippen LogP contribution is 2.78. The predicted octanol–water partition coefficient (Wildman–Crippen LogP) is 4.96. The van der Waals surface area contributed by atoms with Gasteiger partial charge in [-0.3, -0.25) is 0 Å². The van der Waals surface area contributed by atoms with Crippen LogP contribution in [-0.2, 0) is 4.74 Å². The lowest BCUT2D eigenvalue weighted by atomic mass is 9.48. The number of fused-ring (bicyclic) bond motifs is 9. The molecule has 6 rings (SSSR count). The minimum absolute atomic E-state index is 0.0848. The zero-order valence-corrected chi connectivity index (χ0v) is 15.9. The third-order valence-corrected chi connectivity index (χ3v) is 9.57. The summed E-state index contributed by atoms with van der Waals surface area (Å²) in [5, 5.41) is 12.7. The minimum Gasteiger partial charge on any atom is -0.411 e. The van der Waals surface area contributed by atoms with Gasteiger partial charge in [-0.2, -0.15) is 0 Å². The van der Waals surface area contributed by atoms with Crippen molar-refractivity contribution in [3.63, 3.8) is 0 Å². The molecule has 1 spiro atoms. The molecular formula is C23H31NO2. The van der Waals surface area contributed by atoms with Crippen LogP contribution in [0.4, 0.5) is 0 Å². The smallest absolute Gasteiger partial charge is 0.0957 e. The molecule has 6 aliphatic rings. The Kier molecular flexibility index (Phi) is 3.21. The molecule has 1 N–H and O–H groups in total. The van der Waals surface area contributed by atoms with E-state index in [2.05, 4.69) is 30.3 Å². The fourth-order valence-electron chi connectivity index (χ4n) is 8.76. The van der Waals surface area contributed by atoms with Gasteiger partial charge in [0.1, 0.15) is 0 Å². The van der Waals surface area contributed by atoms with Gasteiger partial charge in [-0.25, -0.2) is 0 Å². The van der Waals surface area contributed by atoms with Crippen LogP contribution in [0.25, 0.3) is 0 Å². The van der Waals surface area contributed by atoms with E-state index in [0.717, 1.165) is 54.2 Å². The maximum Gasteiger partial charge on any atom is 0.0957 e. The van der Waals surface area contributed by atoms with E-state index in [9.17, 15) is 5.21 Å². The number of ether oxygens (including phenoxy) is 1. The molecule has 0 aromatic carbocycles. The third kappa shape index (κ3) is 1.72. The SMILES string of the molecule is CC[C@]12CCC3C(CCC4=C/C(=N/O)CC[C@@H]43)C1C1CC1[C@@]21C=CCO1. The van der Waals surface area contributed by atoms with E-state index >= 15 is 0 Å². The zero-order valence-electron chi connectivity index (χ0n) is 15.9. The predicted molar refractivity (Wildman–Crippen MR) is 101 cm³/mol. The highest BCUT2D eigenvalue weighted by atomic mass is 16.5. The Hall–Kier alpha value is -1.09. The highest BCUT2D eigenvalue weighted by molar-refractivity contribution is 5.96. The molecule has 0 radical (unpaired) electrons. The maximum atomic E-state index is 9.18. The number of oxime groups is 1. The largest absolute Gasteiger partial charge is 0.411 e. The van der Waals surface area contributed by atoms with E-state index in [1.54, 1.807) is 5.57 Å². The molecule has 5 aliphatic carbocycles. The number of allylic oxidation sites excluding steroid dienone is 2. The summed E-state index contributed by atoms with van der Waals surface area (Å²) in [4.78, 5) is 0. The summed E-state index contributed by atoms with van der Waals surface area (Å²) in [7, 11) is 0. The molecule has 0 aromatic rings. The molecule has 4 fully saturated rings. The van der Waals surface area contributed by atoms with Crippen LogP contribution in [0.5, 0.6) is 0 Å². The second-order valence-electron chi connectivity index (χ2n) is 9.91. The van der Waals surface area contributed by atoms with E-state index in [4.69, 9.17) is 4.74 Å². The zero-order chi connectivity index (χ0) is 17.5. The molecule has 0 amide bonds. The Bertz CT molecular complexity index is 724. The number of rotatable bonds is 1. The molecular weight excluding hydrogens is 322 g/mol. The third-order valence-electron chi connectivity index (χ3n) is 9.57. The molecule has 3 heteroatoms. The molecule has 140 valence electrons. The van der Waals surface area contributed by atoms with Gasteiger partial charge >= 0.3 is 0 Å². The van der Waals surface area contributed by atoms with Crippen LogP contribution in [0.1, 0.15) is 58.3 Å². The van der Waals surface area contributed by atoms with E-state index in [-0.39, 0.29) is 5.60 Å². The lowest BCUT2D eigenvalue weighted by molar-refractivity contribution is -0.142. The number of nitrogens with zero attached hydrogens (tertiary/aromatic N) is 1. The average molecular weight is 354 g/mol. The monoisotopic (exact) mass is 353 g/mol. The van der Waals surface area contributed by atoms with Crippen LogP contribution >= 0.6 is 0 Å². The van der Waals surface area contributed by atoms with Crippen molar-refractivity contribution in [1.82, 2.24) is 0 Å². The second kappa shape index (κ2) is 5.25. The molecule has 1 heterocycles. The van der Waals surface area contributed by atoms with Gasteiger partial charge in [0, 0.05) is 5.41 Å². The Morgan fingerprint density at radius 2 is 2.12 bits per heavy atom. The van der Waals surface area contributed by atoms with Gasteiger partial charge in [0.2, 0.25) is 0 Å². The topological polar surface area (TPSA) is 41.8 Å². The van der Waals surface area contributed by atoms with Crippen molar-refractivity contribution < 1.29 is 9.94 Å². The van der Waals surface area contributed by atoms with E-state index in [0.29, 0.717) is 5.41 Å². The summed E-state index contributed by atoms with van der Waals surface area (Å²) in [5.74, 6) is 5.12. The molecule has 0 bridgehead atoms. The van der Waals surface area contributed by atoms with E-state index in [1.165, 1.54) is 44.9 Å². The molecule has 4 saturated carbocycles. The lowest BCUT2D eigenvalue weighted by Gasteiger charge is -2.58. The molecule has 0 aromatic heterocycles. The first kappa shape index (κ1) is 15.9. The van der Waals surface area contributed by atoms with Crippen LogP contribution in [-0.4, -0.2) is 23.1 Å². The first-order valence-corrected chi connectivity index (χ1v) is 11.0. The van der Waals surface area contributed by atoms with Crippen molar-refractivity contribution in [1.29, 1.82) is 0 Å². The van der Waals surface area contributed by atoms with Gasteiger partial charge in [0.25, 0.3) is 0 Å². The molecule has 26 heavy (non-hydrogen) atoms. The van der Waals surface area contributed by atoms with E-state index in [1.807, 2.05) is 0 Å². The van der Waals surface area contributed by atoms with Gasteiger partial charge in [-0.05, 0) is 93.0 Å². The molecule has 3 nitrogen and oxygen atoms in total. The molecule has 1 aliphatic heterocycles. The summed E-state index contributed by atoms with van der Waals surface area (Å²) in [5.41, 5.74) is 2.98. The van der Waals surface area contributed by atoms with Crippen LogP contribution < -0.4 is 0 Å². The first-order chi connectivity index (χ1) is 12.7. The maximum absolute atomic E-state index is 9.18. The van der Waals surface area contributed by atoms with Gasteiger partial charge in [0.15, 0.2) is 0 Å². The highest BCUT2D eigenvalue weighted by Gasteiger charge is 2.77. The van der Waals surface area contributed by atoms with Crippen molar-refractivity contribution in [2.24, 2.45) is 46.1 Å². The number of hydrogen-bond donors (Lipinski definition) is 1. The molecule has 0 saturated heterocycles. The minimum atomic E-state index is 0.0848. The Morgan fingerprint density at radius 3 is 2.88 bits per heavy atom. The Balaban J connectivity index is 1.38. The van der Waals surface area contributed by atoms with Crippen LogP contribution in [0.3, 0.4) is 0 Å².